The summed E-state index contributed by atoms with van der Waals surface area (Å²) < 4.78 is 38.3. The van der Waals surface area contributed by atoms with Crippen molar-refractivity contribution in [2.45, 2.75) is 57.2 Å². The highest BCUT2D eigenvalue weighted by Gasteiger charge is 2.50. The Hall–Kier alpha value is -1.27. The Morgan fingerprint density at radius 3 is 2.19 bits per heavy atom. The summed E-state index contributed by atoms with van der Waals surface area (Å²) >= 11 is 0. The summed E-state index contributed by atoms with van der Waals surface area (Å²) in [4.78, 5) is 23.5. The van der Waals surface area contributed by atoms with Gasteiger partial charge in [-0.2, -0.15) is 13.2 Å². The van der Waals surface area contributed by atoms with Gasteiger partial charge in [0, 0.05) is 5.92 Å². The van der Waals surface area contributed by atoms with Crippen LogP contribution in [0, 0.1) is 17.8 Å². The van der Waals surface area contributed by atoms with Gasteiger partial charge in [-0.05, 0) is 44.9 Å². The van der Waals surface area contributed by atoms with Crippen molar-refractivity contribution in [3.8, 4) is 0 Å². The van der Waals surface area contributed by atoms with Crippen LogP contribution in [-0.2, 0) is 9.59 Å². The summed E-state index contributed by atoms with van der Waals surface area (Å²) in [6.07, 6.45) is -2.31. The van der Waals surface area contributed by atoms with E-state index >= 15 is 0 Å². The molecule has 2 saturated carbocycles. The molecule has 0 radical (unpaired) electrons. The number of alkyl halides is 3. The Balaban J connectivity index is 2.01. The Morgan fingerprint density at radius 2 is 1.71 bits per heavy atom. The molecule has 2 aliphatic rings. The second-order valence-electron chi connectivity index (χ2n) is 6.37. The van der Waals surface area contributed by atoms with E-state index in [1.807, 2.05) is 0 Å². The lowest BCUT2D eigenvalue weighted by Gasteiger charge is -2.33. The first-order valence-corrected chi connectivity index (χ1v) is 7.26. The predicted molar refractivity (Wildman–Crippen MR) is 68.4 cm³/mol. The van der Waals surface area contributed by atoms with Crippen LogP contribution in [0.15, 0.2) is 0 Å². The highest BCUT2D eigenvalue weighted by atomic mass is 19.4. The van der Waals surface area contributed by atoms with E-state index in [9.17, 15) is 27.9 Å². The Kier molecular flexibility index (Phi) is 4.22. The Labute approximate surface area is 121 Å². The van der Waals surface area contributed by atoms with Gasteiger partial charge in [0.25, 0.3) is 0 Å². The molecule has 0 aromatic heterocycles. The largest absolute Gasteiger partial charge is 0.480 e. The molecular weight excluding hydrogens is 287 g/mol. The third-order valence-electron chi connectivity index (χ3n) is 4.73. The van der Waals surface area contributed by atoms with Gasteiger partial charge in [0.15, 0.2) is 0 Å². The number of aliphatic carboxylic acids is 1. The van der Waals surface area contributed by atoms with Crippen molar-refractivity contribution in [3.63, 3.8) is 0 Å². The van der Waals surface area contributed by atoms with E-state index in [4.69, 9.17) is 0 Å². The SMILES string of the molecule is CC(NC(=O)C1CCCC(C(F)(F)F)C1)(C(=O)O)C1CC1. The second-order valence-corrected chi connectivity index (χ2v) is 6.37. The summed E-state index contributed by atoms with van der Waals surface area (Å²) in [7, 11) is 0. The van der Waals surface area contributed by atoms with Crippen LogP contribution >= 0.6 is 0 Å². The third-order valence-corrected chi connectivity index (χ3v) is 4.73. The number of carboxylic acid groups (broad SMARTS) is 1. The van der Waals surface area contributed by atoms with Gasteiger partial charge in [-0.15, -0.1) is 0 Å². The summed E-state index contributed by atoms with van der Waals surface area (Å²) in [5, 5.41) is 11.8. The van der Waals surface area contributed by atoms with Crippen LogP contribution in [0.5, 0.6) is 0 Å². The molecule has 0 aromatic carbocycles. The van der Waals surface area contributed by atoms with Crippen LogP contribution in [0.1, 0.15) is 45.4 Å². The van der Waals surface area contributed by atoms with Crippen LogP contribution in [0.3, 0.4) is 0 Å². The van der Waals surface area contributed by atoms with E-state index in [-0.39, 0.29) is 18.8 Å². The quantitative estimate of drug-likeness (QED) is 0.839. The van der Waals surface area contributed by atoms with Crippen LogP contribution in [0.4, 0.5) is 13.2 Å². The second kappa shape index (κ2) is 5.50. The van der Waals surface area contributed by atoms with E-state index in [2.05, 4.69) is 5.32 Å². The lowest BCUT2D eigenvalue weighted by molar-refractivity contribution is -0.186. The fourth-order valence-corrected chi connectivity index (χ4v) is 3.07. The zero-order valence-electron chi connectivity index (χ0n) is 11.9. The average Bonchev–Trinajstić information content (AvgIpc) is 3.22. The normalized spacial score (nSPS) is 29.5. The molecule has 1 amide bonds. The molecule has 0 bridgehead atoms. The molecule has 0 spiro atoms. The average molecular weight is 307 g/mol. The van der Waals surface area contributed by atoms with Crippen molar-refractivity contribution >= 4 is 11.9 Å². The predicted octanol–water partition coefficient (Wildman–Crippen LogP) is 2.72. The maximum absolute atomic E-state index is 12.8. The van der Waals surface area contributed by atoms with E-state index in [1.54, 1.807) is 0 Å². The number of carboxylic acids is 1. The van der Waals surface area contributed by atoms with E-state index in [0.717, 1.165) is 12.8 Å². The molecule has 3 atom stereocenters. The van der Waals surface area contributed by atoms with Crippen molar-refractivity contribution in [1.29, 1.82) is 0 Å². The molecule has 0 saturated heterocycles. The van der Waals surface area contributed by atoms with Crippen LogP contribution in [0.25, 0.3) is 0 Å². The number of nitrogens with one attached hydrogen (secondary N) is 1. The number of hydrogen-bond acceptors (Lipinski definition) is 2. The van der Waals surface area contributed by atoms with E-state index in [1.165, 1.54) is 6.92 Å². The number of carbonyl (C=O) groups is 2. The maximum Gasteiger partial charge on any atom is 0.391 e. The lowest BCUT2D eigenvalue weighted by Crippen LogP contribution is -2.56. The first kappa shape index (κ1) is 16.1. The van der Waals surface area contributed by atoms with Crippen molar-refractivity contribution in [2.24, 2.45) is 17.8 Å². The van der Waals surface area contributed by atoms with Crippen molar-refractivity contribution in [1.82, 2.24) is 5.32 Å². The minimum Gasteiger partial charge on any atom is -0.480 e. The first-order valence-electron chi connectivity index (χ1n) is 7.26. The molecule has 2 rings (SSSR count). The molecule has 2 N–H and O–H groups in total. The Bertz CT molecular complexity index is 434. The molecule has 120 valence electrons. The fraction of sp³-hybridized carbons (Fsp3) is 0.857. The van der Waals surface area contributed by atoms with E-state index in [0.29, 0.717) is 12.8 Å². The first-order chi connectivity index (χ1) is 9.64. The molecular formula is C14H20F3NO3. The van der Waals surface area contributed by atoms with Gasteiger partial charge in [-0.3, -0.25) is 4.79 Å². The van der Waals surface area contributed by atoms with Gasteiger partial charge in [-0.1, -0.05) is 6.42 Å². The van der Waals surface area contributed by atoms with Gasteiger partial charge in [-0.25, -0.2) is 4.79 Å². The van der Waals surface area contributed by atoms with Gasteiger partial charge >= 0.3 is 12.1 Å². The highest BCUT2D eigenvalue weighted by molar-refractivity contribution is 5.88. The molecule has 2 aliphatic carbocycles. The van der Waals surface area contributed by atoms with Crippen LogP contribution in [0.2, 0.25) is 0 Å². The monoisotopic (exact) mass is 307 g/mol. The summed E-state index contributed by atoms with van der Waals surface area (Å²) in [5.74, 6) is -4.01. The maximum atomic E-state index is 12.8. The highest BCUT2D eigenvalue weighted by Crippen LogP contribution is 2.42. The summed E-state index contributed by atoms with van der Waals surface area (Å²) in [6, 6.07) is 0. The third kappa shape index (κ3) is 3.49. The van der Waals surface area contributed by atoms with Crippen LogP contribution in [-0.4, -0.2) is 28.7 Å². The molecule has 2 fully saturated rings. The number of rotatable bonds is 4. The number of hydrogen-bond donors (Lipinski definition) is 2. The fourth-order valence-electron chi connectivity index (χ4n) is 3.07. The topological polar surface area (TPSA) is 66.4 Å². The summed E-state index contributed by atoms with van der Waals surface area (Å²) in [5.41, 5.74) is -1.36. The van der Waals surface area contributed by atoms with Gasteiger partial charge in [0.05, 0.1) is 5.92 Å². The van der Waals surface area contributed by atoms with Gasteiger partial charge in [0.1, 0.15) is 5.54 Å². The van der Waals surface area contributed by atoms with Gasteiger partial charge < -0.3 is 10.4 Å². The molecule has 21 heavy (non-hydrogen) atoms. The van der Waals surface area contributed by atoms with E-state index < -0.39 is 35.4 Å². The van der Waals surface area contributed by atoms with Crippen molar-refractivity contribution in [3.05, 3.63) is 0 Å². The zero-order valence-corrected chi connectivity index (χ0v) is 11.9. The van der Waals surface area contributed by atoms with Crippen molar-refractivity contribution < 1.29 is 27.9 Å². The van der Waals surface area contributed by atoms with Crippen LogP contribution < -0.4 is 5.32 Å². The molecule has 4 nitrogen and oxygen atoms in total. The lowest BCUT2D eigenvalue weighted by atomic mass is 9.80. The molecule has 7 heteroatoms. The van der Waals surface area contributed by atoms with Crippen molar-refractivity contribution in [2.75, 3.05) is 0 Å². The minimum absolute atomic E-state index is 0.0477. The number of carbonyl (C=O) groups excluding carboxylic acids is 1. The molecule has 0 aromatic rings. The smallest absolute Gasteiger partial charge is 0.391 e. The minimum atomic E-state index is -4.29. The zero-order chi connectivity index (χ0) is 15.8. The molecule has 3 unspecified atom stereocenters. The number of halogens is 3. The molecule has 0 aliphatic heterocycles. The van der Waals surface area contributed by atoms with Gasteiger partial charge in [0.2, 0.25) is 5.91 Å². The number of amides is 1. The molecule has 0 heterocycles. The standard InChI is InChI=1S/C14H20F3NO3/c1-13(12(20)21,9-5-6-9)18-11(19)8-3-2-4-10(7-8)14(15,16)17/h8-10H,2-7H2,1H3,(H,18,19)(H,20,21). The Morgan fingerprint density at radius 1 is 1.10 bits per heavy atom. The summed E-state index contributed by atoms with van der Waals surface area (Å²) in [6.45, 7) is 1.44.